The first-order chi connectivity index (χ1) is 10.2. The molecule has 0 radical (unpaired) electrons. The van der Waals surface area contributed by atoms with Gasteiger partial charge in [0.15, 0.2) is 0 Å². The number of aromatic nitrogens is 1. The van der Waals surface area contributed by atoms with Gasteiger partial charge in [0.1, 0.15) is 0 Å². The number of carbonyl (C=O) groups excluding carboxylic acids is 1. The normalized spacial score (nSPS) is 10.0. The van der Waals surface area contributed by atoms with Gasteiger partial charge in [-0.05, 0) is 29.7 Å². The second-order valence-corrected chi connectivity index (χ2v) is 4.67. The molecule has 2 N–H and O–H groups in total. The van der Waals surface area contributed by atoms with Crippen LogP contribution in [0, 0.1) is 6.92 Å². The highest BCUT2D eigenvalue weighted by molar-refractivity contribution is 5.73. The fraction of sp³-hybridized carbons (Fsp3) is 0.250. The number of hydrogen-bond donors (Lipinski definition) is 2. The highest BCUT2D eigenvalue weighted by atomic mass is 16.5. The van der Waals surface area contributed by atoms with Crippen LogP contribution in [0.1, 0.15) is 16.7 Å². The van der Waals surface area contributed by atoms with E-state index in [9.17, 15) is 4.79 Å². The van der Waals surface area contributed by atoms with Gasteiger partial charge < -0.3 is 15.4 Å². The maximum Gasteiger partial charge on any atom is 0.315 e. The van der Waals surface area contributed by atoms with Crippen molar-refractivity contribution in [1.29, 1.82) is 0 Å². The Labute approximate surface area is 124 Å². The minimum Gasteiger partial charge on any atom is -0.481 e. The second-order valence-electron chi connectivity index (χ2n) is 4.67. The minimum atomic E-state index is -0.200. The standard InChI is InChI=1S/C16H19N3O2/c1-12-5-3-4-6-14(12)11-19-16(20)18-10-13-7-8-17-15(9-13)21-2/h3-9H,10-11H2,1-2H3,(H2,18,19,20). The average Bonchev–Trinajstić information content (AvgIpc) is 2.52. The summed E-state index contributed by atoms with van der Waals surface area (Å²) in [7, 11) is 1.56. The Morgan fingerprint density at radius 1 is 1.19 bits per heavy atom. The van der Waals surface area contributed by atoms with Crippen LogP contribution in [0.15, 0.2) is 42.6 Å². The van der Waals surface area contributed by atoms with Gasteiger partial charge in [0.2, 0.25) is 5.88 Å². The summed E-state index contributed by atoms with van der Waals surface area (Å²) in [5.41, 5.74) is 3.21. The van der Waals surface area contributed by atoms with E-state index in [1.807, 2.05) is 37.3 Å². The molecular weight excluding hydrogens is 266 g/mol. The molecule has 0 spiro atoms. The molecule has 0 aliphatic carbocycles. The van der Waals surface area contributed by atoms with Gasteiger partial charge in [-0.15, -0.1) is 0 Å². The van der Waals surface area contributed by atoms with Crippen LogP contribution in [-0.4, -0.2) is 18.1 Å². The van der Waals surface area contributed by atoms with Crippen LogP contribution in [-0.2, 0) is 13.1 Å². The summed E-state index contributed by atoms with van der Waals surface area (Å²) in [6.07, 6.45) is 1.65. The van der Waals surface area contributed by atoms with Crippen LogP contribution in [0.4, 0.5) is 4.79 Å². The lowest BCUT2D eigenvalue weighted by atomic mass is 10.1. The van der Waals surface area contributed by atoms with E-state index in [0.29, 0.717) is 19.0 Å². The molecule has 1 aromatic carbocycles. The summed E-state index contributed by atoms with van der Waals surface area (Å²) in [5.74, 6) is 0.537. The van der Waals surface area contributed by atoms with E-state index >= 15 is 0 Å². The van der Waals surface area contributed by atoms with Crippen molar-refractivity contribution in [3.8, 4) is 5.88 Å². The fourth-order valence-electron chi connectivity index (χ4n) is 1.90. The fourth-order valence-corrected chi connectivity index (χ4v) is 1.90. The number of benzene rings is 1. The third kappa shape index (κ3) is 4.49. The molecule has 0 bridgehead atoms. The zero-order valence-electron chi connectivity index (χ0n) is 12.2. The van der Waals surface area contributed by atoms with E-state index in [2.05, 4.69) is 15.6 Å². The van der Waals surface area contributed by atoms with Crippen molar-refractivity contribution in [2.45, 2.75) is 20.0 Å². The number of ether oxygens (including phenoxy) is 1. The largest absolute Gasteiger partial charge is 0.481 e. The molecule has 110 valence electrons. The smallest absolute Gasteiger partial charge is 0.315 e. The zero-order chi connectivity index (χ0) is 15.1. The summed E-state index contributed by atoms with van der Waals surface area (Å²) in [4.78, 5) is 15.8. The summed E-state index contributed by atoms with van der Waals surface area (Å²) in [6.45, 7) is 2.97. The molecule has 1 aromatic heterocycles. The van der Waals surface area contributed by atoms with Gasteiger partial charge in [-0.2, -0.15) is 0 Å². The first kappa shape index (κ1) is 14.8. The predicted molar refractivity (Wildman–Crippen MR) is 81.0 cm³/mol. The van der Waals surface area contributed by atoms with E-state index in [1.54, 1.807) is 19.4 Å². The molecule has 21 heavy (non-hydrogen) atoms. The first-order valence-electron chi connectivity index (χ1n) is 6.74. The van der Waals surface area contributed by atoms with Gasteiger partial charge in [-0.1, -0.05) is 24.3 Å². The van der Waals surface area contributed by atoms with Crippen LogP contribution in [0.5, 0.6) is 5.88 Å². The van der Waals surface area contributed by atoms with Gasteiger partial charge in [0, 0.05) is 25.4 Å². The maximum atomic E-state index is 11.8. The summed E-state index contributed by atoms with van der Waals surface area (Å²) in [6, 6.07) is 11.4. The third-order valence-corrected chi connectivity index (χ3v) is 3.16. The minimum absolute atomic E-state index is 0.200. The summed E-state index contributed by atoms with van der Waals surface area (Å²) >= 11 is 0. The Balaban J connectivity index is 1.81. The number of rotatable bonds is 5. The molecule has 0 aliphatic heterocycles. The Bertz CT molecular complexity index is 614. The number of hydrogen-bond acceptors (Lipinski definition) is 3. The van der Waals surface area contributed by atoms with Crippen LogP contribution in [0.3, 0.4) is 0 Å². The molecule has 2 rings (SSSR count). The topological polar surface area (TPSA) is 63.2 Å². The van der Waals surface area contributed by atoms with Crippen LogP contribution < -0.4 is 15.4 Å². The summed E-state index contributed by atoms with van der Waals surface area (Å²) in [5, 5.41) is 5.65. The first-order valence-corrected chi connectivity index (χ1v) is 6.74. The lowest BCUT2D eigenvalue weighted by Gasteiger charge is -2.09. The number of nitrogens with one attached hydrogen (secondary N) is 2. The lowest BCUT2D eigenvalue weighted by molar-refractivity contribution is 0.240. The maximum absolute atomic E-state index is 11.8. The molecule has 0 saturated carbocycles. The highest BCUT2D eigenvalue weighted by Gasteiger charge is 2.03. The monoisotopic (exact) mass is 285 g/mol. The van der Waals surface area contributed by atoms with Gasteiger partial charge in [-0.25, -0.2) is 9.78 Å². The predicted octanol–water partition coefficient (Wildman–Crippen LogP) is 2.40. The highest BCUT2D eigenvalue weighted by Crippen LogP contribution is 2.08. The van der Waals surface area contributed by atoms with Gasteiger partial charge >= 0.3 is 6.03 Å². The molecule has 0 aliphatic rings. The molecular formula is C16H19N3O2. The molecule has 0 atom stereocenters. The molecule has 2 aromatic rings. The third-order valence-electron chi connectivity index (χ3n) is 3.16. The van der Waals surface area contributed by atoms with Crippen LogP contribution in [0.25, 0.3) is 0 Å². The Kier molecular flexibility index (Phi) is 5.15. The second kappa shape index (κ2) is 7.28. The quantitative estimate of drug-likeness (QED) is 0.886. The number of amides is 2. The molecule has 5 heteroatoms. The number of aryl methyl sites for hydroxylation is 1. The van der Waals surface area contributed by atoms with Crippen molar-refractivity contribution in [3.63, 3.8) is 0 Å². The van der Waals surface area contributed by atoms with Crippen LogP contribution >= 0.6 is 0 Å². The van der Waals surface area contributed by atoms with E-state index in [1.165, 1.54) is 0 Å². The van der Waals surface area contributed by atoms with E-state index < -0.39 is 0 Å². The van der Waals surface area contributed by atoms with Crippen molar-refractivity contribution in [3.05, 3.63) is 59.3 Å². The lowest BCUT2D eigenvalue weighted by Crippen LogP contribution is -2.34. The van der Waals surface area contributed by atoms with E-state index in [-0.39, 0.29) is 6.03 Å². The molecule has 0 saturated heterocycles. The van der Waals surface area contributed by atoms with Crippen molar-refractivity contribution < 1.29 is 9.53 Å². The number of carbonyl (C=O) groups is 1. The number of methoxy groups -OCH3 is 1. The van der Waals surface area contributed by atoms with Gasteiger partial charge in [0.05, 0.1) is 7.11 Å². The number of urea groups is 1. The molecule has 0 fully saturated rings. The van der Waals surface area contributed by atoms with Gasteiger partial charge in [-0.3, -0.25) is 0 Å². The number of nitrogens with zero attached hydrogens (tertiary/aromatic N) is 1. The Hall–Kier alpha value is -2.56. The van der Waals surface area contributed by atoms with Crippen molar-refractivity contribution in [2.75, 3.05) is 7.11 Å². The molecule has 0 unspecified atom stereocenters. The number of pyridine rings is 1. The van der Waals surface area contributed by atoms with Gasteiger partial charge in [0.25, 0.3) is 0 Å². The van der Waals surface area contributed by atoms with Crippen molar-refractivity contribution >= 4 is 6.03 Å². The Morgan fingerprint density at radius 3 is 2.71 bits per heavy atom. The van der Waals surface area contributed by atoms with E-state index in [4.69, 9.17) is 4.74 Å². The van der Waals surface area contributed by atoms with Crippen molar-refractivity contribution in [1.82, 2.24) is 15.6 Å². The molecule has 2 amide bonds. The zero-order valence-corrected chi connectivity index (χ0v) is 12.2. The molecule has 5 nitrogen and oxygen atoms in total. The summed E-state index contributed by atoms with van der Waals surface area (Å²) < 4.78 is 5.04. The average molecular weight is 285 g/mol. The van der Waals surface area contributed by atoms with Crippen LogP contribution in [0.2, 0.25) is 0 Å². The van der Waals surface area contributed by atoms with Crippen molar-refractivity contribution in [2.24, 2.45) is 0 Å². The SMILES string of the molecule is COc1cc(CNC(=O)NCc2ccccc2C)ccn1. The van der Waals surface area contributed by atoms with E-state index in [0.717, 1.165) is 16.7 Å². The molecule has 1 heterocycles. The Morgan fingerprint density at radius 2 is 1.95 bits per heavy atom.